The first-order valence-corrected chi connectivity index (χ1v) is 8.67. The molecule has 0 aliphatic heterocycles. The van der Waals surface area contributed by atoms with Gasteiger partial charge in [0, 0.05) is 15.5 Å². The molecule has 0 saturated heterocycles. The molecule has 1 aromatic heterocycles. The maximum Gasteiger partial charge on any atom is 0.275 e. The summed E-state index contributed by atoms with van der Waals surface area (Å²) in [5.74, 6) is -0.0439. The molecule has 122 valence electrons. The van der Waals surface area contributed by atoms with E-state index < -0.39 is 0 Å². The van der Waals surface area contributed by atoms with Crippen molar-refractivity contribution in [2.24, 2.45) is 0 Å². The van der Waals surface area contributed by atoms with Crippen LogP contribution in [0.5, 0.6) is 5.75 Å². The van der Waals surface area contributed by atoms with E-state index in [-0.39, 0.29) is 18.3 Å². The fourth-order valence-electron chi connectivity index (χ4n) is 1.89. The summed E-state index contributed by atoms with van der Waals surface area (Å²) in [6, 6.07) is 13.0. The summed E-state index contributed by atoms with van der Waals surface area (Å²) in [7, 11) is 0. The zero-order valence-electron chi connectivity index (χ0n) is 12.3. The summed E-state index contributed by atoms with van der Waals surface area (Å²) in [4.78, 5) is 16.4. The van der Waals surface area contributed by atoms with Crippen molar-refractivity contribution in [2.45, 2.75) is 6.61 Å². The van der Waals surface area contributed by atoms with Gasteiger partial charge in [-0.2, -0.15) is 0 Å². The molecule has 24 heavy (non-hydrogen) atoms. The van der Waals surface area contributed by atoms with Crippen LogP contribution in [0.3, 0.4) is 0 Å². The lowest BCUT2D eigenvalue weighted by Gasteiger charge is -2.04. The topological polar surface area (TPSA) is 51.2 Å². The van der Waals surface area contributed by atoms with Crippen LogP contribution in [0.4, 0.5) is 10.1 Å². The predicted molar refractivity (Wildman–Crippen MR) is 94.9 cm³/mol. The number of hydrogen-bond acceptors (Lipinski definition) is 4. The van der Waals surface area contributed by atoms with E-state index >= 15 is 0 Å². The molecular weight excluding hydrogens is 395 g/mol. The van der Waals surface area contributed by atoms with Crippen LogP contribution >= 0.6 is 27.3 Å². The fraction of sp³-hybridized carbons (Fsp3) is 0.0588. The van der Waals surface area contributed by atoms with Gasteiger partial charge >= 0.3 is 0 Å². The summed E-state index contributed by atoms with van der Waals surface area (Å²) < 4.78 is 19.3. The van der Waals surface area contributed by atoms with Crippen molar-refractivity contribution in [3.8, 4) is 5.75 Å². The standard InChI is InChI=1S/C17H12BrFN2O2S/c18-11-1-5-13(6-2-11)20-17(22)15-10-24-16(21-15)9-23-14-7-3-12(19)4-8-14/h1-8,10H,9H2,(H,20,22). The number of ether oxygens (including phenoxy) is 1. The molecule has 1 heterocycles. The third kappa shape index (κ3) is 4.39. The normalized spacial score (nSPS) is 10.4. The minimum absolute atomic E-state index is 0.224. The number of carbonyl (C=O) groups is 1. The van der Waals surface area contributed by atoms with Gasteiger partial charge in [0.1, 0.15) is 28.9 Å². The number of benzene rings is 2. The van der Waals surface area contributed by atoms with Crippen molar-refractivity contribution in [1.29, 1.82) is 0 Å². The molecular formula is C17H12BrFN2O2S. The lowest BCUT2D eigenvalue weighted by molar-refractivity contribution is 0.102. The highest BCUT2D eigenvalue weighted by molar-refractivity contribution is 9.10. The number of nitrogens with zero attached hydrogens (tertiary/aromatic N) is 1. The predicted octanol–water partition coefficient (Wildman–Crippen LogP) is 4.88. The maximum atomic E-state index is 12.8. The molecule has 1 N–H and O–H groups in total. The first-order chi connectivity index (χ1) is 11.6. The highest BCUT2D eigenvalue weighted by atomic mass is 79.9. The molecule has 0 unspecified atom stereocenters. The average Bonchev–Trinajstić information content (AvgIpc) is 3.06. The monoisotopic (exact) mass is 406 g/mol. The molecule has 1 amide bonds. The Balaban J connectivity index is 1.59. The van der Waals surface area contributed by atoms with E-state index in [1.807, 2.05) is 12.1 Å². The van der Waals surface area contributed by atoms with E-state index in [0.717, 1.165) is 4.47 Å². The van der Waals surface area contributed by atoms with Crippen LogP contribution in [0.1, 0.15) is 15.5 Å². The molecule has 0 saturated carbocycles. The van der Waals surface area contributed by atoms with Crippen LogP contribution in [0.15, 0.2) is 58.4 Å². The molecule has 0 aliphatic rings. The first kappa shape index (κ1) is 16.6. The highest BCUT2D eigenvalue weighted by Crippen LogP contribution is 2.18. The van der Waals surface area contributed by atoms with Crippen LogP contribution in [0, 0.1) is 5.82 Å². The molecule has 0 spiro atoms. The van der Waals surface area contributed by atoms with E-state index in [0.29, 0.717) is 22.1 Å². The lowest BCUT2D eigenvalue weighted by Crippen LogP contribution is -2.12. The Labute approximate surface area is 150 Å². The Morgan fingerprint density at radius 2 is 1.88 bits per heavy atom. The Morgan fingerprint density at radius 1 is 1.17 bits per heavy atom. The lowest BCUT2D eigenvalue weighted by atomic mass is 10.3. The van der Waals surface area contributed by atoms with Gasteiger partial charge in [0.15, 0.2) is 0 Å². The Morgan fingerprint density at radius 3 is 2.58 bits per heavy atom. The van der Waals surface area contributed by atoms with Crippen molar-refractivity contribution in [3.05, 3.63) is 74.9 Å². The van der Waals surface area contributed by atoms with Gasteiger partial charge in [-0.05, 0) is 48.5 Å². The third-order valence-corrected chi connectivity index (χ3v) is 4.41. The Bertz CT molecular complexity index is 835. The number of aromatic nitrogens is 1. The van der Waals surface area contributed by atoms with Crippen LogP contribution in [0.2, 0.25) is 0 Å². The largest absolute Gasteiger partial charge is 0.486 e. The third-order valence-electron chi connectivity index (χ3n) is 3.06. The highest BCUT2D eigenvalue weighted by Gasteiger charge is 2.11. The van der Waals surface area contributed by atoms with Crippen LogP contribution in [-0.2, 0) is 6.61 Å². The van der Waals surface area contributed by atoms with Crippen LogP contribution in [0.25, 0.3) is 0 Å². The Hall–Kier alpha value is -2.25. The second kappa shape index (κ2) is 7.55. The van der Waals surface area contributed by atoms with Crippen molar-refractivity contribution in [3.63, 3.8) is 0 Å². The number of rotatable bonds is 5. The number of hydrogen-bond donors (Lipinski definition) is 1. The minimum atomic E-state index is -0.316. The van der Waals surface area contributed by atoms with E-state index in [2.05, 4.69) is 26.2 Å². The van der Waals surface area contributed by atoms with Crippen molar-refractivity contribution in [2.75, 3.05) is 5.32 Å². The molecule has 4 nitrogen and oxygen atoms in total. The van der Waals surface area contributed by atoms with E-state index in [1.54, 1.807) is 29.6 Å². The summed E-state index contributed by atoms with van der Waals surface area (Å²) in [6.45, 7) is 0.224. The number of amides is 1. The number of halogens is 2. The number of carbonyl (C=O) groups excluding carboxylic acids is 1. The summed E-state index contributed by atoms with van der Waals surface area (Å²) in [5.41, 5.74) is 1.03. The van der Waals surface area contributed by atoms with Crippen molar-refractivity contribution < 1.29 is 13.9 Å². The zero-order chi connectivity index (χ0) is 16.9. The van der Waals surface area contributed by atoms with Crippen molar-refractivity contribution in [1.82, 2.24) is 4.98 Å². The van der Waals surface area contributed by atoms with Gasteiger partial charge in [0.05, 0.1) is 0 Å². The quantitative estimate of drug-likeness (QED) is 0.656. The van der Waals surface area contributed by atoms with Gasteiger partial charge in [0.25, 0.3) is 5.91 Å². The summed E-state index contributed by atoms with van der Waals surface area (Å²) >= 11 is 4.68. The second-order valence-corrected chi connectivity index (χ2v) is 6.69. The average molecular weight is 407 g/mol. The molecule has 3 aromatic rings. The molecule has 2 aromatic carbocycles. The molecule has 0 bridgehead atoms. The molecule has 0 fully saturated rings. The smallest absolute Gasteiger partial charge is 0.275 e. The minimum Gasteiger partial charge on any atom is -0.486 e. The molecule has 7 heteroatoms. The van der Waals surface area contributed by atoms with Gasteiger partial charge in [-0.3, -0.25) is 4.79 Å². The molecule has 0 radical (unpaired) electrons. The van der Waals surface area contributed by atoms with Gasteiger partial charge in [-0.15, -0.1) is 11.3 Å². The zero-order valence-corrected chi connectivity index (χ0v) is 14.7. The fourth-order valence-corrected chi connectivity index (χ4v) is 2.84. The molecule has 0 aliphatic carbocycles. The molecule has 0 atom stereocenters. The summed E-state index contributed by atoms with van der Waals surface area (Å²) in [6.07, 6.45) is 0. The number of anilines is 1. The second-order valence-electron chi connectivity index (χ2n) is 4.83. The Kier molecular flexibility index (Phi) is 5.22. The first-order valence-electron chi connectivity index (χ1n) is 7.00. The number of nitrogens with one attached hydrogen (secondary N) is 1. The van der Waals surface area contributed by atoms with Crippen LogP contribution in [-0.4, -0.2) is 10.9 Å². The van der Waals surface area contributed by atoms with Gasteiger partial charge in [-0.1, -0.05) is 15.9 Å². The van der Waals surface area contributed by atoms with Crippen molar-refractivity contribution >= 4 is 38.9 Å². The van der Waals surface area contributed by atoms with Gasteiger partial charge < -0.3 is 10.1 Å². The molecule has 3 rings (SSSR count). The van der Waals surface area contributed by atoms with Crippen LogP contribution < -0.4 is 10.1 Å². The van der Waals surface area contributed by atoms with E-state index in [4.69, 9.17) is 4.74 Å². The van der Waals surface area contributed by atoms with E-state index in [9.17, 15) is 9.18 Å². The maximum absolute atomic E-state index is 12.8. The number of thiazole rings is 1. The summed E-state index contributed by atoms with van der Waals surface area (Å²) in [5, 5.41) is 5.13. The van der Waals surface area contributed by atoms with Gasteiger partial charge in [-0.25, -0.2) is 9.37 Å². The SMILES string of the molecule is O=C(Nc1ccc(Br)cc1)c1csc(COc2ccc(F)cc2)n1. The van der Waals surface area contributed by atoms with Gasteiger partial charge in [0.2, 0.25) is 0 Å². The van der Waals surface area contributed by atoms with E-state index in [1.165, 1.54) is 23.5 Å².